The minimum atomic E-state index is 0.311. The summed E-state index contributed by atoms with van der Waals surface area (Å²) in [6.07, 6.45) is 0.794. The Hall–Kier alpha value is -1.98. The number of hydrogen-bond donors (Lipinski definition) is 3. The van der Waals surface area contributed by atoms with Gasteiger partial charge in [0.15, 0.2) is 0 Å². The standard InChI is InChI=1S/C9H13N5O/c1-6-2-3-7(15-6)4-5-11-9-12-8(10)13-14-9/h2-3H,4-5H2,1H3,(H4,10,11,12,13,14). The normalized spacial score (nSPS) is 10.5. The molecule has 0 unspecified atom stereocenters. The van der Waals surface area contributed by atoms with Gasteiger partial charge in [0.2, 0.25) is 11.9 Å². The lowest BCUT2D eigenvalue weighted by Gasteiger charge is -1.98. The fourth-order valence-electron chi connectivity index (χ4n) is 1.27. The van der Waals surface area contributed by atoms with E-state index in [2.05, 4.69) is 20.5 Å². The first-order valence-electron chi connectivity index (χ1n) is 4.71. The Morgan fingerprint density at radius 2 is 2.40 bits per heavy atom. The molecular formula is C9H13N5O. The Bertz CT molecular complexity index is 393. The van der Waals surface area contributed by atoms with Crippen LogP contribution in [0.4, 0.5) is 11.9 Å². The highest BCUT2D eigenvalue weighted by atomic mass is 16.3. The van der Waals surface area contributed by atoms with Crippen LogP contribution >= 0.6 is 0 Å². The van der Waals surface area contributed by atoms with E-state index in [4.69, 9.17) is 10.2 Å². The minimum Gasteiger partial charge on any atom is -0.466 e. The van der Waals surface area contributed by atoms with Crippen LogP contribution in [0.2, 0.25) is 0 Å². The summed E-state index contributed by atoms with van der Waals surface area (Å²) in [5, 5.41) is 9.43. The van der Waals surface area contributed by atoms with Crippen LogP contribution in [0, 0.1) is 6.92 Å². The molecule has 0 aliphatic carbocycles. The number of aromatic amines is 1. The van der Waals surface area contributed by atoms with E-state index in [9.17, 15) is 0 Å². The highest BCUT2D eigenvalue weighted by Gasteiger charge is 2.01. The van der Waals surface area contributed by atoms with Crippen LogP contribution in [0.25, 0.3) is 0 Å². The van der Waals surface area contributed by atoms with Crippen LogP contribution in [-0.2, 0) is 6.42 Å². The van der Waals surface area contributed by atoms with Crippen molar-refractivity contribution in [1.29, 1.82) is 0 Å². The third-order valence-electron chi connectivity index (χ3n) is 1.95. The molecule has 0 saturated carbocycles. The SMILES string of the molecule is Cc1ccc(CCNc2n[nH]c(N)n2)o1. The Morgan fingerprint density at radius 1 is 1.53 bits per heavy atom. The zero-order valence-corrected chi connectivity index (χ0v) is 8.45. The van der Waals surface area contributed by atoms with Crippen molar-refractivity contribution in [3.63, 3.8) is 0 Å². The number of H-pyrrole nitrogens is 1. The van der Waals surface area contributed by atoms with E-state index in [1.54, 1.807) is 0 Å². The van der Waals surface area contributed by atoms with Crippen molar-refractivity contribution >= 4 is 11.9 Å². The molecule has 2 rings (SSSR count). The third-order valence-corrected chi connectivity index (χ3v) is 1.95. The summed E-state index contributed by atoms with van der Waals surface area (Å²) in [7, 11) is 0. The van der Waals surface area contributed by atoms with Crippen LogP contribution < -0.4 is 11.1 Å². The van der Waals surface area contributed by atoms with E-state index in [1.165, 1.54) is 0 Å². The molecule has 2 aromatic heterocycles. The van der Waals surface area contributed by atoms with E-state index in [-0.39, 0.29) is 0 Å². The van der Waals surface area contributed by atoms with E-state index in [0.29, 0.717) is 18.4 Å². The maximum absolute atomic E-state index is 5.41. The minimum absolute atomic E-state index is 0.311. The largest absolute Gasteiger partial charge is 0.466 e. The predicted molar refractivity (Wildman–Crippen MR) is 56.4 cm³/mol. The van der Waals surface area contributed by atoms with Crippen LogP contribution in [0.3, 0.4) is 0 Å². The third kappa shape index (κ3) is 2.49. The molecule has 80 valence electrons. The summed E-state index contributed by atoms with van der Waals surface area (Å²) < 4.78 is 5.41. The fraction of sp³-hybridized carbons (Fsp3) is 0.333. The van der Waals surface area contributed by atoms with Crippen LogP contribution in [-0.4, -0.2) is 21.7 Å². The van der Waals surface area contributed by atoms with Gasteiger partial charge in [0, 0.05) is 13.0 Å². The van der Waals surface area contributed by atoms with E-state index in [1.807, 2.05) is 19.1 Å². The molecule has 2 heterocycles. The average molecular weight is 207 g/mol. The maximum atomic E-state index is 5.41. The quantitative estimate of drug-likeness (QED) is 0.693. The summed E-state index contributed by atoms with van der Waals surface area (Å²) >= 11 is 0. The zero-order valence-electron chi connectivity index (χ0n) is 8.45. The van der Waals surface area contributed by atoms with Gasteiger partial charge in [0.1, 0.15) is 11.5 Å². The van der Waals surface area contributed by atoms with Crippen molar-refractivity contribution in [1.82, 2.24) is 15.2 Å². The lowest BCUT2D eigenvalue weighted by Crippen LogP contribution is -2.05. The van der Waals surface area contributed by atoms with Gasteiger partial charge < -0.3 is 15.5 Å². The molecule has 2 aromatic rings. The van der Waals surface area contributed by atoms with Crippen LogP contribution in [0.5, 0.6) is 0 Å². The van der Waals surface area contributed by atoms with Crippen molar-refractivity contribution < 1.29 is 4.42 Å². The van der Waals surface area contributed by atoms with Crippen molar-refractivity contribution in [2.24, 2.45) is 0 Å². The topological polar surface area (TPSA) is 92.8 Å². The first kappa shape index (κ1) is 9.57. The van der Waals surface area contributed by atoms with Gasteiger partial charge in [0.25, 0.3) is 0 Å². The Morgan fingerprint density at radius 3 is 3.00 bits per heavy atom. The summed E-state index contributed by atoms with van der Waals surface area (Å²) in [4.78, 5) is 3.92. The molecule has 0 aliphatic rings. The number of nitrogen functional groups attached to an aromatic ring is 1. The number of nitrogens with zero attached hydrogens (tertiary/aromatic N) is 2. The van der Waals surface area contributed by atoms with Gasteiger partial charge in [-0.25, -0.2) is 5.10 Å². The number of nitrogens with one attached hydrogen (secondary N) is 2. The molecule has 6 nitrogen and oxygen atoms in total. The molecule has 6 heteroatoms. The molecule has 0 amide bonds. The molecular weight excluding hydrogens is 194 g/mol. The smallest absolute Gasteiger partial charge is 0.243 e. The van der Waals surface area contributed by atoms with Gasteiger partial charge >= 0.3 is 0 Å². The van der Waals surface area contributed by atoms with Gasteiger partial charge in [-0.05, 0) is 19.1 Å². The van der Waals surface area contributed by atoms with Gasteiger partial charge in [-0.15, -0.1) is 5.10 Å². The summed E-state index contributed by atoms with van der Waals surface area (Å²) in [6, 6.07) is 3.91. The lowest BCUT2D eigenvalue weighted by molar-refractivity contribution is 0.486. The van der Waals surface area contributed by atoms with Crippen molar-refractivity contribution in [2.45, 2.75) is 13.3 Å². The number of rotatable bonds is 4. The Kier molecular flexibility index (Phi) is 2.57. The number of aromatic nitrogens is 3. The highest BCUT2D eigenvalue weighted by Crippen LogP contribution is 2.07. The highest BCUT2D eigenvalue weighted by molar-refractivity contribution is 5.29. The molecule has 0 spiro atoms. The van der Waals surface area contributed by atoms with Crippen molar-refractivity contribution in [3.8, 4) is 0 Å². The number of aryl methyl sites for hydroxylation is 1. The van der Waals surface area contributed by atoms with Crippen molar-refractivity contribution in [3.05, 3.63) is 23.7 Å². The first-order valence-corrected chi connectivity index (χ1v) is 4.71. The molecule has 0 aromatic carbocycles. The number of hydrogen-bond acceptors (Lipinski definition) is 5. The fourth-order valence-corrected chi connectivity index (χ4v) is 1.27. The van der Waals surface area contributed by atoms with E-state index < -0.39 is 0 Å². The lowest BCUT2D eigenvalue weighted by atomic mass is 10.3. The molecule has 0 bridgehead atoms. The monoisotopic (exact) mass is 207 g/mol. The summed E-state index contributed by atoms with van der Waals surface area (Å²) in [5.41, 5.74) is 5.38. The number of anilines is 2. The average Bonchev–Trinajstić information content (AvgIpc) is 2.76. The first-order chi connectivity index (χ1) is 7.24. The molecule has 0 atom stereocenters. The second kappa shape index (κ2) is 4.04. The van der Waals surface area contributed by atoms with Crippen molar-refractivity contribution in [2.75, 3.05) is 17.6 Å². The molecule has 0 aliphatic heterocycles. The molecule has 0 radical (unpaired) electrons. The van der Waals surface area contributed by atoms with Gasteiger partial charge in [0.05, 0.1) is 0 Å². The predicted octanol–water partition coefficient (Wildman–Crippen LogP) is 0.943. The number of nitrogens with two attached hydrogens (primary N) is 1. The maximum Gasteiger partial charge on any atom is 0.243 e. The van der Waals surface area contributed by atoms with Gasteiger partial charge in [-0.3, -0.25) is 0 Å². The Balaban J connectivity index is 1.80. The Labute approximate surface area is 86.9 Å². The van der Waals surface area contributed by atoms with Gasteiger partial charge in [-0.2, -0.15) is 4.98 Å². The van der Waals surface area contributed by atoms with Crippen LogP contribution in [0.15, 0.2) is 16.5 Å². The van der Waals surface area contributed by atoms with Crippen LogP contribution in [0.1, 0.15) is 11.5 Å². The zero-order chi connectivity index (χ0) is 10.7. The second-order valence-electron chi connectivity index (χ2n) is 3.23. The molecule has 0 fully saturated rings. The summed E-state index contributed by atoms with van der Waals surface area (Å²) in [5.74, 6) is 2.69. The summed E-state index contributed by atoms with van der Waals surface area (Å²) in [6.45, 7) is 2.64. The second-order valence-corrected chi connectivity index (χ2v) is 3.23. The number of furan rings is 1. The molecule has 0 saturated heterocycles. The van der Waals surface area contributed by atoms with Gasteiger partial charge in [-0.1, -0.05) is 0 Å². The van der Waals surface area contributed by atoms with E-state index >= 15 is 0 Å². The molecule has 4 N–H and O–H groups in total. The molecule has 15 heavy (non-hydrogen) atoms. The van der Waals surface area contributed by atoms with E-state index in [0.717, 1.165) is 17.9 Å².